The molecule has 1 nitrogen and oxygen atoms in total. The second-order valence-corrected chi connectivity index (χ2v) is 3.98. The van der Waals surface area contributed by atoms with Crippen molar-refractivity contribution in [2.45, 2.75) is 58.3 Å². The largest absolute Gasteiger partial charge is 0.300 e. The summed E-state index contributed by atoms with van der Waals surface area (Å²) in [5, 5.41) is 0. The normalized spacial score (nSPS) is 10.3. The Kier molecular flexibility index (Phi) is 10.1. The quantitative estimate of drug-likeness (QED) is 0.446. The Morgan fingerprint density at radius 1 is 1.00 bits per heavy atom. The maximum atomic E-state index is 11.2. The highest BCUT2D eigenvalue weighted by Crippen LogP contribution is 2.07. The lowest BCUT2D eigenvalue weighted by Crippen LogP contribution is -1.97. The highest BCUT2D eigenvalue weighted by Gasteiger charge is 2.00. The third-order valence-electron chi connectivity index (χ3n) is 2.17. The van der Waals surface area contributed by atoms with Crippen molar-refractivity contribution >= 4 is 18.4 Å². The third-order valence-corrected chi connectivity index (χ3v) is 2.49. The molecule has 0 bridgehead atoms. The SMILES string of the molecule is CCCCCCCC(=O)CCCS. The molecule has 0 heterocycles. The van der Waals surface area contributed by atoms with E-state index in [9.17, 15) is 4.79 Å². The summed E-state index contributed by atoms with van der Waals surface area (Å²) in [6.07, 6.45) is 8.65. The first kappa shape index (κ1) is 13.0. The first-order valence-corrected chi connectivity index (χ1v) is 6.07. The van der Waals surface area contributed by atoms with Crippen molar-refractivity contribution in [3.63, 3.8) is 0 Å². The first-order chi connectivity index (χ1) is 6.31. The van der Waals surface area contributed by atoms with Gasteiger partial charge in [0.15, 0.2) is 0 Å². The molecule has 2 heteroatoms. The van der Waals surface area contributed by atoms with Gasteiger partial charge in [0.05, 0.1) is 0 Å². The molecule has 0 atom stereocenters. The fraction of sp³-hybridized carbons (Fsp3) is 0.909. The smallest absolute Gasteiger partial charge is 0.132 e. The van der Waals surface area contributed by atoms with Crippen LogP contribution in [-0.4, -0.2) is 11.5 Å². The van der Waals surface area contributed by atoms with Crippen LogP contribution in [0.2, 0.25) is 0 Å². The van der Waals surface area contributed by atoms with Gasteiger partial charge in [-0.15, -0.1) is 0 Å². The van der Waals surface area contributed by atoms with E-state index in [2.05, 4.69) is 19.6 Å². The molecule has 0 radical (unpaired) electrons. The standard InChI is InChI=1S/C11H22OS/c1-2-3-4-5-6-8-11(12)9-7-10-13/h13H,2-10H2,1H3. The van der Waals surface area contributed by atoms with Crippen molar-refractivity contribution in [2.24, 2.45) is 0 Å². The predicted molar refractivity (Wildman–Crippen MR) is 61.5 cm³/mol. The number of hydrogen-bond donors (Lipinski definition) is 1. The highest BCUT2D eigenvalue weighted by molar-refractivity contribution is 7.80. The van der Waals surface area contributed by atoms with E-state index in [4.69, 9.17) is 0 Å². The molecule has 0 N–H and O–H groups in total. The lowest BCUT2D eigenvalue weighted by Gasteiger charge is -1.99. The van der Waals surface area contributed by atoms with Crippen LogP contribution in [0.3, 0.4) is 0 Å². The average molecular weight is 202 g/mol. The summed E-state index contributed by atoms with van der Waals surface area (Å²) in [6.45, 7) is 2.21. The van der Waals surface area contributed by atoms with Crippen molar-refractivity contribution in [2.75, 3.05) is 5.75 Å². The molecule has 0 aromatic rings. The summed E-state index contributed by atoms with van der Waals surface area (Å²) >= 11 is 4.08. The zero-order chi connectivity index (χ0) is 9.94. The highest BCUT2D eigenvalue weighted by atomic mass is 32.1. The van der Waals surface area contributed by atoms with Crippen LogP contribution >= 0.6 is 12.6 Å². The van der Waals surface area contributed by atoms with Crippen LogP contribution in [0.15, 0.2) is 0 Å². The maximum Gasteiger partial charge on any atom is 0.132 e. The van der Waals surface area contributed by atoms with Crippen LogP contribution in [0.4, 0.5) is 0 Å². The molecule has 78 valence electrons. The summed E-state index contributed by atoms with van der Waals surface area (Å²) < 4.78 is 0. The monoisotopic (exact) mass is 202 g/mol. The fourth-order valence-corrected chi connectivity index (χ4v) is 1.49. The number of Topliss-reactive ketones (excluding diaryl/α,β-unsaturated/α-hetero) is 1. The molecule has 0 spiro atoms. The first-order valence-electron chi connectivity index (χ1n) is 5.43. The van der Waals surface area contributed by atoms with Gasteiger partial charge in [-0.25, -0.2) is 0 Å². The Morgan fingerprint density at radius 2 is 1.62 bits per heavy atom. The lowest BCUT2D eigenvalue weighted by atomic mass is 10.1. The topological polar surface area (TPSA) is 17.1 Å². The minimum atomic E-state index is 0.422. The molecule has 0 amide bonds. The molecule has 0 saturated heterocycles. The molecule has 0 unspecified atom stereocenters. The van der Waals surface area contributed by atoms with Crippen molar-refractivity contribution < 1.29 is 4.79 Å². The van der Waals surface area contributed by atoms with Crippen molar-refractivity contribution in [3.05, 3.63) is 0 Å². The Morgan fingerprint density at radius 3 is 2.23 bits per heavy atom. The van der Waals surface area contributed by atoms with Gasteiger partial charge in [0.2, 0.25) is 0 Å². The Bertz CT molecular complexity index is 123. The minimum absolute atomic E-state index is 0.422. The van der Waals surface area contributed by atoms with E-state index in [-0.39, 0.29) is 0 Å². The maximum absolute atomic E-state index is 11.2. The Hall–Kier alpha value is 0.0200. The van der Waals surface area contributed by atoms with E-state index in [0.29, 0.717) is 5.78 Å². The van der Waals surface area contributed by atoms with Gasteiger partial charge in [-0.2, -0.15) is 12.6 Å². The van der Waals surface area contributed by atoms with E-state index in [1.54, 1.807) is 0 Å². The Labute approximate surface area is 87.7 Å². The van der Waals surface area contributed by atoms with Gasteiger partial charge in [0, 0.05) is 12.8 Å². The van der Waals surface area contributed by atoms with Crippen LogP contribution in [-0.2, 0) is 4.79 Å². The van der Waals surface area contributed by atoms with E-state index >= 15 is 0 Å². The number of thiol groups is 1. The van der Waals surface area contributed by atoms with Gasteiger partial charge in [-0.1, -0.05) is 32.6 Å². The summed E-state index contributed by atoms with van der Waals surface area (Å²) in [7, 11) is 0. The second-order valence-electron chi connectivity index (χ2n) is 3.53. The number of rotatable bonds is 9. The van der Waals surface area contributed by atoms with Gasteiger partial charge < -0.3 is 0 Å². The molecule has 0 aromatic heterocycles. The number of ketones is 1. The number of unbranched alkanes of at least 4 members (excludes halogenated alkanes) is 4. The fourth-order valence-electron chi connectivity index (χ4n) is 1.33. The van der Waals surface area contributed by atoms with Crippen LogP contribution in [0.25, 0.3) is 0 Å². The molecule has 0 aliphatic carbocycles. The number of carbonyl (C=O) groups is 1. The summed E-state index contributed by atoms with van der Waals surface area (Å²) in [5.41, 5.74) is 0. The van der Waals surface area contributed by atoms with Crippen LogP contribution < -0.4 is 0 Å². The van der Waals surface area contributed by atoms with Gasteiger partial charge in [0.25, 0.3) is 0 Å². The van der Waals surface area contributed by atoms with Crippen molar-refractivity contribution in [1.82, 2.24) is 0 Å². The van der Waals surface area contributed by atoms with Gasteiger partial charge in [-0.3, -0.25) is 4.79 Å². The molecule has 0 aromatic carbocycles. The third kappa shape index (κ3) is 9.94. The molecule has 0 rings (SSSR count). The Balaban J connectivity index is 3.08. The zero-order valence-corrected chi connectivity index (χ0v) is 9.61. The molecular weight excluding hydrogens is 180 g/mol. The summed E-state index contributed by atoms with van der Waals surface area (Å²) in [5.74, 6) is 1.26. The molecule has 13 heavy (non-hydrogen) atoms. The molecule has 0 fully saturated rings. The van der Waals surface area contributed by atoms with E-state index < -0.39 is 0 Å². The summed E-state index contributed by atoms with van der Waals surface area (Å²) in [6, 6.07) is 0. The predicted octanol–water partition coefficient (Wildman–Crippen LogP) is 3.63. The molecule has 0 saturated carbocycles. The van der Waals surface area contributed by atoms with Crippen molar-refractivity contribution in [3.8, 4) is 0 Å². The molecule has 0 aliphatic heterocycles. The summed E-state index contributed by atoms with van der Waals surface area (Å²) in [4.78, 5) is 11.2. The van der Waals surface area contributed by atoms with Crippen LogP contribution in [0.1, 0.15) is 58.3 Å². The van der Waals surface area contributed by atoms with E-state index in [0.717, 1.165) is 31.4 Å². The lowest BCUT2D eigenvalue weighted by molar-refractivity contribution is -0.119. The zero-order valence-electron chi connectivity index (χ0n) is 8.72. The van der Waals surface area contributed by atoms with Gasteiger partial charge >= 0.3 is 0 Å². The van der Waals surface area contributed by atoms with E-state index in [1.807, 2.05) is 0 Å². The van der Waals surface area contributed by atoms with Gasteiger partial charge in [-0.05, 0) is 18.6 Å². The second kappa shape index (κ2) is 10.1. The minimum Gasteiger partial charge on any atom is -0.300 e. The number of carbonyl (C=O) groups excluding carboxylic acids is 1. The number of hydrogen-bond acceptors (Lipinski definition) is 2. The molecular formula is C11H22OS. The average Bonchev–Trinajstić information content (AvgIpc) is 2.14. The van der Waals surface area contributed by atoms with E-state index in [1.165, 1.54) is 25.7 Å². The molecule has 0 aliphatic rings. The van der Waals surface area contributed by atoms with Crippen LogP contribution in [0.5, 0.6) is 0 Å². The van der Waals surface area contributed by atoms with Crippen LogP contribution in [0, 0.1) is 0 Å². The van der Waals surface area contributed by atoms with Crippen molar-refractivity contribution in [1.29, 1.82) is 0 Å². The van der Waals surface area contributed by atoms with Gasteiger partial charge in [0.1, 0.15) is 5.78 Å².